The van der Waals surface area contributed by atoms with Crippen molar-refractivity contribution < 1.29 is 28.2 Å². The Morgan fingerprint density at radius 3 is 2.54 bits per heavy atom. The summed E-state index contributed by atoms with van der Waals surface area (Å²) in [6.45, 7) is 3.27. The van der Waals surface area contributed by atoms with Crippen LogP contribution < -0.4 is 14.8 Å². The summed E-state index contributed by atoms with van der Waals surface area (Å²) in [5.74, 6) is -2.72. The van der Waals surface area contributed by atoms with E-state index in [-0.39, 0.29) is 28.6 Å². The van der Waals surface area contributed by atoms with Gasteiger partial charge < -0.3 is 19.9 Å². The molecule has 0 saturated heterocycles. The molecule has 0 aliphatic carbocycles. The van der Waals surface area contributed by atoms with Gasteiger partial charge in [0.15, 0.2) is 17.4 Å². The molecule has 0 atom stereocenters. The first-order chi connectivity index (χ1) is 16.7. The van der Waals surface area contributed by atoms with Gasteiger partial charge in [-0.15, -0.1) is 0 Å². The summed E-state index contributed by atoms with van der Waals surface area (Å²) in [4.78, 5) is 20.4. The second-order valence-electron chi connectivity index (χ2n) is 8.19. The van der Waals surface area contributed by atoms with Gasteiger partial charge in [-0.3, -0.25) is 14.8 Å². The predicted octanol–water partition coefficient (Wildman–Crippen LogP) is 5.76. The molecular formula is C25H20ClF2N3O4. The third-order valence-electron chi connectivity index (χ3n) is 4.93. The zero-order valence-electron chi connectivity index (χ0n) is 18.7. The molecule has 0 spiro atoms. The highest BCUT2D eigenvalue weighted by Gasteiger charge is 2.20. The number of aromatic nitrogens is 2. The number of benzene rings is 2. The number of rotatable bonds is 7. The van der Waals surface area contributed by atoms with Gasteiger partial charge in [-0.2, -0.15) is 0 Å². The Kier molecular flexibility index (Phi) is 6.81. The monoisotopic (exact) mass is 499 g/mol. The molecule has 0 aliphatic rings. The van der Waals surface area contributed by atoms with Crippen molar-refractivity contribution in [2.45, 2.75) is 19.4 Å². The van der Waals surface area contributed by atoms with Gasteiger partial charge in [0.1, 0.15) is 17.1 Å². The molecule has 0 fully saturated rings. The van der Waals surface area contributed by atoms with Gasteiger partial charge in [-0.05, 0) is 38.1 Å². The number of amides is 1. The number of aliphatic hydroxyl groups excluding tert-OH is 1. The molecule has 2 heterocycles. The fourth-order valence-corrected chi connectivity index (χ4v) is 3.38. The predicted molar refractivity (Wildman–Crippen MR) is 127 cm³/mol. The number of pyridine rings is 2. The molecule has 180 valence electrons. The third-order valence-corrected chi connectivity index (χ3v) is 5.26. The SMILES string of the molecule is CC(C)(CO)Oc1ccc2c(Oc3c(F)cc(NC(=O)c4cnccc4Cl)cc3F)ccnc2c1. The van der Waals surface area contributed by atoms with Crippen LogP contribution in [0.25, 0.3) is 10.9 Å². The first kappa shape index (κ1) is 24.3. The fraction of sp³-hybridized carbons (Fsp3) is 0.160. The number of halogens is 3. The van der Waals surface area contributed by atoms with Gasteiger partial charge in [0.05, 0.1) is 22.7 Å². The highest BCUT2D eigenvalue weighted by atomic mass is 35.5. The molecule has 0 unspecified atom stereocenters. The number of nitrogens with one attached hydrogen (secondary N) is 1. The maximum absolute atomic E-state index is 14.8. The molecule has 35 heavy (non-hydrogen) atoms. The van der Waals surface area contributed by atoms with E-state index in [0.29, 0.717) is 16.7 Å². The molecule has 7 nitrogen and oxygen atoms in total. The van der Waals surface area contributed by atoms with Crippen LogP contribution in [-0.4, -0.2) is 33.2 Å². The van der Waals surface area contributed by atoms with Crippen molar-refractivity contribution in [3.63, 3.8) is 0 Å². The van der Waals surface area contributed by atoms with E-state index in [1.54, 1.807) is 32.0 Å². The Morgan fingerprint density at radius 2 is 1.86 bits per heavy atom. The van der Waals surface area contributed by atoms with Gasteiger partial charge in [-0.25, -0.2) is 8.78 Å². The number of anilines is 1. The molecule has 4 rings (SSSR count). The molecule has 0 saturated carbocycles. The molecule has 2 aromatic heterocycles. The summed E-state index contributed by atoms with van der Waals surface area (Å²) in [6, 6.07) is 9.69. The Hall–Kier alpha value is -3.82. The first-order valence-electron chi connectivity index (χ1n) is 10.4. The highest BCUT2D eigenvalue weighted by Crippen LogP contribution is 2.35. The lowest BCUT2D eigenvalue weighted by Crippen LogP contribution is -2.32. The van der Waals surface area contributed by atoms with Crippen molar-refractivity contribution in [2.75, 3.05) is 11.9 Å². The zero-order valence-corrected chi connectivity index (χ0v) is 19.4. The summed E-state index contributed by atoms with van der Waals surface area (Å²) in [6.07, 6.45) is 4.09. The smallest absolute Gasteiger partial charge is 0.258 e. The number of aliphatic hydroxyl groups is 1. The lowest BCUT2D eigenvalue weighted by Gasteiger charge is -2.24. The van der Waals surface area contributed by atoms with E-state index >= 15 is 0 Å². The standard InChI is InChI=1S/C25H20ClF2N3O4/c1-25(2,13-32)35-15-3-4-16-21(11-15)30-8-6-22(16)34-23-19(27)9-14(10-20(23)28)31-24(33)17-12-29-7-5-18(17)26/h3-12,32H,13H2,1-2H3,(H,31,33). The first-order valence-corrected chi connectivity index (χ1v) is 10.8. The maximum atomic E-state index is 14.8. The number of carbonyl (C=O) groups excluding carboxylic acids is 1. The minimum atomic E-state index is -1.02. The van der Waals surface area contributed by atoms with E-state index in [2.05, 4.69) is 15.3 Å². The largest absolute Gasteiger partial charge is 0.485 e. The quantitative estimate of drug-likeness (QED) is 0.336. The molecular weight excluding hydrogens is 480 g/mol. The maximum Gasteiger partial charge on any atom is 0.258 e. The number of hydrogen-bond acceptors (Lipinski definition) is 6. The lowest BCUT2D eigenvalue weighted by molar-refractivity contribution is 0.0413. The van der Waals surface area contributed by atoms with Gasteiger partial charge in [0.25, 0.3) is 5.91 Å². The second-order valence-corrected chi connectivity index (χ2v) is 8.60. The van der Waals surface area contributed by atoms with Crippen LogP contribution in [0.5, 0.6) is 17.2 Å². The van der Waals surface area contributed by atoms with Crippen molar-refractivity contribution in [3.8, 4) is 17.2 Å². The molecule has 4 aromatic rings. The van der Waals surface area contributed by atoms with Crippen LogP contribution in [0.3, 0.4) is 0 Å². The van der Waals surface area contributed by atoms with Crippen LogP contribution in [0.15, 0.2) is 61.1 Å². The Balaban J connectivity index is 1.59. The van der Waals surface area contributed by atoms with E-state index in [1.807, 2.05) is 0 Å². The molecule has 0 aliphatic heterocycles. The van der Waals surface area contributed by atoms with E-state index in [4.69, 9.17) is 21.1 Å². The zero-order chi connectivity index (χ0) is 25.2. The molecule has 10 heteroatoms. The topological polar surface area (TPSA) is 93.6 Å². The Bertz CT molecular complexity index is 1390. The summed E-state index contributed by atoms with van der Waals surface area (Å²) in [7, 11) is 0. The van der Waals surface area contributed by atoms with Crippen LogP contribution in [-0.2, 0) is 0 Å². The van der Waals surface area contributed by atoms with E-state index in [1.165, 1.54) is 30.7 Å². The summed E-state index contributed by atoms with van der Waals surface area (Å²) in [5, 5.41) is 12.4. The van der Waals surface area contributed by atoms with Crippen molar-refractivity contribution in [1.82, 2.24) is 9.97 Å². The number of carbonyl (C=O) groups is 1. The Labute approximate surface area is 204 Å². The molecule has 2 aromatic carbocycles. The van der Waals surface area contributed by atoms with Crippen LogP contribution in [0.1, 0.15) is 24.2 Å². The minimum absolute atomic E-state index is 0.0595. The fourth-order valence-electron chi connectivity index (χ4n) is 3.19. The van der Waals surface area contributed by atoms with Crippen molar-refractivity contribution in [2.24, 2.45) is 0 Å². The van der Waals surface area contributed by atoms with E-state index in [0.717, 1.165) is 12.1 Å². The van der Waals surface area contributed by atoms with Crippen molar-refractivity contribution in [1.29, 1.82) is 0 Å². The second kappa shape index (κ2) is 9.81. The summed E-state index contributed by atoms with van der Waals surface area (Å²) >= 11 is 5.97. The van der Waals surface area contributed by atoms with Crippen LogP contribution in [0, 0.1) is 11.6 Å². The van der Waals surface area contributed by atoms with Gasteiger partial charge in [0, 0.05) is 47.9 Å². The lowest BCUT2D eigenvalue weighted by atomic mass is 10.1. The van der Waals surface area contributed by atoms with Crippen LogP contribution in [0.4, 0.5) is 14.5 Å². The molecule has 2 N–H and O–H groups in total. The number of ether oxygens (including phenoxy) is 2. The van der Waals surface area contributed by atoms with Crippen LogP contribution >= 0.6 is 11.6 Å². The normalized spacial score (nSPS) is 11.4. The summed E-state index contributed by atoms with van der Waals surface area (Å²) < 4.78 is 40.9. The Morgan fingerprint density at radius 1 is 1.11 bits per heavy atom. The van der Waals surface area contributed by atoms with Crippen LogP contribution in [0.2, 0.25) is 5.02 Å². The van der Waals surface area contributed by atoms with Crippen molar-refractivity contribution in [3.05, 3.63) is 83.3 Å². The average Bonchev–Trinajstić information content (AvgIpc) is 2.81. The number of nitrogens with zero attached hydrogens (tertiary/aromatic N) is 2. The van der Waals surface area contributed by atoms with Gasteiger partial charge >= 0.3 is 0 Å². The van der Waals surface area contributed by atoms with E-state index in [9.17, 15) is 18.7 Å². The summed E-state index contributed by atoms with van der Waals surface area (Å²) in [5.41, 5.74) is -0.394. The van der Waals surface area contributed by atoms with Crippen molar-refractivity contribution >= 4 is 34.1 Å². The average molecular weight is 500 g/mol. The van der Waals surface area contributed by atoms with E-state index < -0.39 is 28.9 Å². The third kappa shape index (κ3) is 5.47. The van der Waals surface area contributed by atoms with Gasteiger partial charge in [-0.1, -0.05) is 11.6 Å². The number of fused-ring (bicyclic) bond motifs is 1. The molecule has 0 radical (unpaired) electrons. The van der Waals surface area contributed by atoms with Gasteiger partial charge in [0.2, 0.25) is 0 Å². The molecule has 1 amide bonds. The number of hydrogen-bond donors (Lipinski definition) is 2. The minimum Gasteiger partial charge on any atom is -0.485 e. The highest BCUT2D eigenvalue weighted by molar-refractivity contribution is 6.34. The molecule has 0 bridgehead atoms.